The van der Waals surface area contributed by atoms with Crippen LogP contribution in [0.15, 0.2) is 12.2 Å². The Kier molecular flexibility index (Phi) is 1.31. The molecule has 1 aliphatic rings. The van der Waals surface area contributed by atoms with Gasteiger partial charge in [-0.25, -0.2) is 0 Å². The van der Waals surface area contributed by atoms with E-state index in [0.717, 1.165) is 12.8 Å². The van der Waals surface area contributed by atoms with Gasteiger partial charge in [-0.3, -0.25) is 4.79 Å². The number of nitrogens with two attached hydrogens (primary N) is 1. The Balaban J connectivity index is 2.66. The van der Waals surface area contributed by atoms with Crippen LogP contribution < -0.4 is 5.73 Å². The molecular formula is C7H11NO. The van der Waals surface area contributed by atoms with Crippen LogP contribution in [0.4, 0.5) is 0 Å². The van der Waals surface area contributed by atoms with Gasteiger partial charge in [-0.1, -0.05) is 19.1 Å². The van der Waals surface area contributed by atoms with Crippen molar-refractivity contribution in [3.05, 3.63) is 12.2 Å². The van der Waals surface area contributed by atoms with Gasteiger partial charge < -0.3 is 5.73 Å². The van der Waals surface area contributed by atoms with Gasteiger partial charge in [0.05, 0.1) is 5.41 Å². The van der Waals surface area contributed by atoms with Gasteiger partial charge in [-0.15, -0.1) is 0 Å². The maximum absolute atomic E-state index is 10.7. The van der Waals surface area contributed by atoms with Crippen molar-refractivity contribution in [2.24, 2.45) is 11.1 Å². The Morgan fingerprint density at radius 2 is 2.00 bits per heavy atom. The first-order valence-electron chi connectivity index (χ1n) is 3.10. The molecule has 0 saturated carbocycles. The van der Waals surface area contributed by atoms with Crippen LogP contribution >= 0.6 is 0 Å². The summed E-state index contributed by atoms with van der Waals surface area (Å²) in [7, 11) is 0. The molecular weight excluding hydrogens is 114 g/mol. The molecule has 2 N–H and O–H groups in total. The summed E-state index contributed by atoms with van der Waals surface area (Å²) in [4.78, 5) is 10.7. The number of primary amides is 1. The molecule has 0 aromatic carbocycles. The maximum atomic E-state index is 10.7. The molecule has 9 heavy (non-hydrogen) atoms. The third-order valence-corrected chi connectivity index (χ3v) is 1.90. The Bertz CT molecular complexity index is 152. The van der Waals surface area contributed by atoms with E-state index in [-0.39, 0.29) is 11.3 Å². The fourth-order valence-electron chi connectivity index (χ4n) is 0.971. The Labute approximate surface area is 54.7 Å². The molecule has 2 nitrogen and oxygen atoms in total. The smallest absolute Gasteiger partial charge is 0.223 e. The lowest BCUT2D eigenvalue weighted by atomic mass is 9.87. The largest absolute Gasteiger partial charge is 0.369 e. The van der Waals surface area contributed by atoms with E-state index in [0.29, 0.717) is 0 Å². The molecule has 0 aromatic rings. The highest BCUT2D eigenvalue weighted by molar-refractivity contribution is 5.81. The van der Waals surface area contributed by atoms with E-state index >= 15 is 0 Å². The van der Waals surface area contributed by atoms with Crippen molar-refractivity contribution < 1.29 is 4.79 Å². The third-order valence-electron chi connectivity index (χ3n) is 1.90. The summed E-state index contributed by atoms with van der Waals surface area (Å²) in [6.07, 6.45) is 5.63. The molecule has 0 spiro atoms. The van der Waals surface area contributed by atoms with Crippen molar-refractivity contribution in [2.45, 2.75) is 19.8 Å². The molecule has 2 heteroatoms. The van der Waals surface area contributed by atoms with Gasteiger partial charge in [0.25, 0.3) is 0 Å². The predicted molar refractivity (Wildman–Crippen MR) is 35.7 cm³/mol. The van der Waals surface area contributed by atoms with Gasteiger partial charge in [-0.2, -0.15) is 0 Å². The lowest BCUT2D eigenvalue weighted by molar-refractivity contribution is -0.126. The number of allylic oxidation sites excluding steroid dienone is 2. The molecule has 1 amide bonds. The van der Waals surface area contributed by atoms with Crippen LogP contribution in [-0.4, -0.2) is 5.91 Å². The van der Waals surface area contributed by atoms with Crippen LogP contribution in [0.25, 0.3) is 0 Å². The second kappa shape index (κ2) is 1.87. The lowest BCUT2D eigenvalue weighted by Crippen LogP contribution is -2.31. The summed E-state index contributed by atoms with van der Waals surface area (Å²) in [6, 6.07) is 0. The summed E-state index contributed by atoms with van der Waals surface area (Å²) >= 11 is 0. The number of rotatable bonds is 1. The highest BCUT2D eigenvalue weighted by Crippen LogP contribution is 2.31. The molecule has 0 fully saturated rings. The van der Waals surface area contributed by atoms with Gasteiger partial charge in [-0.05, 0) is 12.8 Å². The normalized spacial score (nSPS) is 22.3. The molecule has 50 valence electrons. The molecule has 0 heterocycles. The van der Waals surface area contributed by atoms with E-state index in [4.69, 9.17) is 5.73 Å². The van der Waals surface area contributed by atoms with Crippen LogP contribution in [0.5, 0.6) is 0 Å². The Morgan fingerprint density at radius 1 is 1.56 bits per heavy atom. The van der Waals surface area contributed by atoms with Crippen molar-refractivity contribution in [3.63, 3.8) is 0 Å². The van der Waals surface area contributed by atoms with E-state index in [1.807, 2.05) is 19.1 Å². The first-order valence-corrected chi connectivity index (χ1v) is 3.10. The Hall–Kier alpha value is -0.790. The van der Waals surface area contributed by atoms with Crippen LogP contribution in [0.3, 0.4) is 0 Å². The van der Waals surface area contributed by atoms with Crippen LogP contribution in [0.1, 0.15) is 19.8 Å². The summed E-state index contributed by atoms with van der Waals surface area (Å²) in [5, 5.41) is 0. The number of hydrogen-bond donors (Lipinski definition) is 1. The van der Waals surface area contributed by atoms with Crippen LogP contribution in [-0.2, 0) is 4.79 Å². The van der Waals surface area contributed by atoms with Crippen molar-refractivity contribution in [2.75, 3.05) is 0 Å². The second-order valence-electron chi connectivity index (χ2n) is 2.80. The second-order valence-corrected chi connectivity index (χ2v) is 2.80. The van der Waals surface area contributed by atoms with E-state index in [9.17, 15) is 4.79 Å². The minimum Gasteiger partial charge on any atom is -0.369 e. The number of carbonyl (C=O) groups is 1. The summed E-state index contributed by atoms with van der Waals surface area (Å²) in [6.45, 7) is 1.90. The molecule has 0 saturated heterocycles. The van der Waals surface area contributed by atoms with Gasteiger partial charge >= 0.3 is 0 Å². The molecule has 0 bridgehead atoms. The molecule has 1 rings (SSSR count). The summed E-state index contributed by atoms with van der Waals surface area (Å²) < 4.78 is 0. The van der Waals surface area contributed by atoms with Gasteiger partial charge in [0.1, 0.15) is 0 Å². The van der Waals surface area contributed by atoms with E-state index in [1.165, 1.54) is 0 Å². The molecule has 0 radical (unpaired) electrons. The quantitative estimate of drug-likeness (QED) is 0.518. The van der Waals surface area contributed by atoms with Crippen molar-refractivity contribution >= 4 is 5.91 Å². The summed E-state index contributed by atoms with van der Waals surface area (Å²) in [5.41, 5.74) is 4.88. The molecule has 0 atom stereocenters. The van der Waals surface area contributed by atoms with E-state index < -0.39 is 0 Å². The minimum atomic E-state index is -0.278. The zero-order valence-corrected chi connectivity index (χ0v) is 5.55. The highest BCUT2D eigenvalue weighted by atomic mass is 16.1. The van der Waals surface area contributed by atoms with E-state index in [2.05, 4.69) is 0 Å². The van der Waals surface area contributed by atoms with E-state index in [1.54, 1.807) is 0 Å². The average molecular weight is 125 g/mol. The van der Waals surface area contributed by atoms with Crippen molar-refractivity contribution in [1.82, 2.24) is 0 Å². The first-order chi connectivity index (χ1) is 4.15. The average Bonchev–Trinajstić information content (AvgIpc) is 2.16. The number of carbonyl (C=O) groups excluding carboxylic acids is 1. The first kappa shape index (κ1) is 6.33. The highest BCUT2D eigenvalue weighted by Gasteiger charge is 2.30. The molecule has 1 aliphatic carbocycles. The number of hydrogen-bond acceptors (Lipinski definition) is 1. The van der Waals surface area contributed by atoms with Crippen LogP contribution in [0.2, 0.25) is 0 Å². The number of amides is 1. The van der Waals surface area contributed by atoms with Crippen LogP contribution in [0, 0.1) is 5.41 Å². The van der Waals surface area contributed by atoms with Crippen molar-refractivity contribution in [3.8, 4) is 0 Å². The molecule has 0 unspecified atom stereocenters. The molecule has 0 aromatic heterocycles. The monoisotopic (exact) mass is 125 g/mol. The van der Waals surface area contributed by atoms with Gasteiger partial charge in [0, 0.05) is 0 Å². The zero-order chi connectivity index (χ0) is 6.91. The SMILES string of the molecule is CC1(C(N)=O)CC=CC1. The summed E-state index contributed by atoms with van der Waals surface area (Å²) in [5.74, 6) is -0.187. The third kappa shape index (κ3) is 0.969. The predicted octanol–water partition coefficient (Wildman–Crippen LogP) is 0.828. The minimum absolute atomic E-state index is 0.187. The maximum Gasteiger partial charge on any atom is 0.223 e. The standard InChI is InChI=1S/C7H11NO/c1-7(6(8)9)4-2-3-5-7/h2-3H,4-5H2,1H3,(H2,8,9). The fraction of sp³-hybridized carbons (Fsp3) is 0.571. The van der Waals surface area contributed by atoms with Gasteiger partial charge in [0.15, 0.2) is 0 Å². The molecule has 0 aliphatic heterocycles. The van der Waals surface area contributed by atoms with Gasteiger partial charge in [0.2, 0.25) is 5.91 Å². The Morgan fingerprint density at radius 3 is 2.22 bits per heavy atom. The fourth-order valence-corrected chi connectivity index (χ4v) is 0.971. The zero-order valence-electron chi connectivity index (χ0n) is 5.55. The topological polar surface area (TPSA) is 43.1 Å². The van der Waals surface area contributed by atoms with Crippen molar-refractivity contribution in [1.29, 1.82) is 0 Å². The lowest BCUT2D eigenvalue weighted by Gasteiger charge is -2.17.